The first-order valence-electron chi connectivity index (χ1n) is 5.76. The largest absolute Gasteiger partial charge is 0.490 e. The molecule has 0 aliphatic rings. The van der Waals surface area contributed by atoms with Crippen molar-refractivity contribution in [2.24, 2.45) is 5.73 Å². The fourth-order valence-corrected chi connectivity index (χ4v) is 2.01. The molecule has 2 atom stereocenters. The van der Waals surface area contributed by atoms with Gasteiger partial charge in [-0.1, -0.05) is 35.3 Å². The lowest BCUT2D eigenvalue weighted by molar-refractivity contribution is 0.207. The van der Waals surface area contributed by atoms with Crippen LogP contribution in [0.3, 0.4) is 0 Å². The maximum absolute atomic E-state index is 5.92. The number of benzene rings is 1. The second kappa shape index (κ2) is 6.26. The molecule has 2 nitrogen and oxygen atoms in total. The van der Waals surface area contributed by atoms with Crippen molar-refractivity contribution in [1.29, 1.82) is 0 Å². The van der Waals surface area contributed by atoms with E-state index in [0.29, 0.717) is 0 Å². The lowest BCUT2D eigenvalue weighted by atomic mass is 10.1. The van der Waals surface area contributed by atoms with Crippen molar-refractivity contribution in [3.8, 4) is 5.75 Å². The molecule has 0 saturated heterocycles. The van der Waals surface area contributed by atoms with E-state index in [9.17, 15) is 0 Å². The summed E-state index contributed by atoms with van der Waals surface area (Å²) in [6, 6.07) is 6.00. The van der Waals surface area contributed by atoms with Crippen molar-refractivity contribution in [2.75, 3.05) is 0 Å². The Kier molecular flexibility index (Phi) is 5.29. The number of nitrogens with two attached hydrogens (primary N) is 1. The predicted octanol–water partition coefficient (Wildman–Crippen LogP) is 4.04. The molecule has 0 aromatic heterocycles. The fraction of sp³-hybridized carbons (Fsp3) is 0.538. The maximum Gasteiger partial charge on any atom is 0.125 e. The van der Waals surface area contributed by atoms with Gasteiger partial charge in [0.25, 0.3) is 0 Å². The highest BCUT2D eigenvalue weighted by molar-refractivity contribution is 9.10. The SMILES string of the molecule is CCCC(C)Oc1cc(Br)ccc1[C@@H](C)N. The Balaban J connectivity index is 2.87. The van der Waals surface area contributed by atoms with Gasteiger partial charge in [-0.25, -0.2) is 0 Å². The Morgan fingerprint density at radius 2 is 2.06 bits per heavy atom. The van der Waals surface area contributed by atoms with Gasteiger partial charge in [0, 0.05) is 16.1 Å². The molecule has 0 fully saturated rings. The fourth-order valence-electron chi connectivity index (χ4n) is 1.67. The first kappa shape index (κ1) is 13.5. The highest BCUT2D eigenvalue weighted by atomic mass is 79.9. The zero-order valence-corrected chi connectivity index (χ0v) is 11.8. The molecule has 0 saturated carbocycles. The maximum atomic E-state index is 5.92. The third-order valence-corrected chi connectivity index (χ3v) is 2.98. The van der Waals surface area contributed by atoms with Crippen LogP contribution in [-0.2, 0) is 0 Å². The van der Waals surface area contributed by atoms with Crippen LogP contribution in [0.5, 0.6) is 5.75 Å². The lowest BCUT2D eigenvalue weighted by Gasteiger charge is -2.19. The van der Waals surface area contributed by atoms with Gasteiger partial charge < -0.3 is 10.5 Å². The average molecular weight is 286 g/mol. The third kappa shape index (κ3) is 3.80. The van der Waals surface area contributed by atoms with Gasteiger partial charge in [0.15, 0.2) is 0 Å². The molecule has 1 aromatic carbocycles. The van der Waals surface area contributed by atoms with Crippen LogP contribution in [0.1, 0.15) is 45.2 Å². The van der Waals surface area contributed by atoms with Crippen LogP contribution in [0, 0.1) is 0 Å². The van der Waals surface area contributed by atoms with Crippen molar-refractivity contribution in [3.05, 3.63) is 28.2 Å². The molecule has 0 aliphatic carbocycles. The third-order valence-electron chi connectivity index (χ3n) is 2.49. The van der Waals surface area contributed by atoms with E-state index < -0.39 is 0 Å². The van der Waals surface area contributed by atoms with Gasteiger partial charge in [-0.3, -0.25) is 0 Å². The topological polar surface area (TPSA) is 35.2 Å². The highest BCUT2D eigenvalue weighted by Crippen LogP contribution is 2.28. The van der Waals surface area contributed by atoms with Gasteiger partial charge in [-0.05, 0) is 32.4 Å². The summed E-state index contributed by atoms with van der Waals surface area (Å²) in [5.41, 5.74) is 6.98. The molecule has 0 spiro atoms. The summed E-state index contributed by atoms with van der Waals surface area (Å²) >= 11 is 3.45. The van der Waals surface area contributed by atoms with Gasteiger partial charge in [-0.15, -0.1) is 0 Å². The zero-order chi connectivity index (χ0) is 12.1. The average Bonchev–Trinajstić information content (AvgIpc) is 2.17. The van der Waals surface area contributed by atoms with Crippen molar-refractivity contribution < 1.29 is 4.74 Å². The zero-order valence-electron chi connectivity index (χ0n) is 10.2. The van der Waals surface area contributed by atoms with Gasteiger partial charge in [0.2, 0.25) is 0 Å². The predicted molar refractivity (Wildman–Crippen MR) is 71.7 cm³/mol. The quantitative estimate of drug-likeness (QED) is 0.886. The van der Waals surface area contributed by atoms with Gasteiger partial charge >= 0.3 is 0 Å². The second-order valence-corrected chi connectivity index (χ2v) is 5.10. The van der Waals surface area contributed by atoms with Crippen LogP contribution in [0.2, 0.25) is 0 Å². The van der Waals surface area contributed by atoms with Crippen LogP contribution in [0.4, 0.5) is 0 Å². The molecule has 16 heavy (non-hydrogen) atoms. The standard InChI is InChI=1S/C13H20BrNO/c1-4-5-9(2)16-13-8-11(14)6-7-12(13)10(3)15/h6-10H,4-5,15H2,1-3H3/t9?,10-/m1/s1. The Morgan fingerprint density at radius 1 is 1.38 bits per heavy atom. The molecule has 0 amide bonds. The molecule has 0 aliphatic heterocycles. The summed E-state index contributed by atoms with van der Waals surface area (Å²) in [4.78, 5) is 0. The molecule has 2 N–H and O–H groups in total. The van der Waals surface area contributed by atoms with Gasteiger partial charge in [0.05, 0.1) is 6.10 Å². The van der Waals surface area contributed by atoms with E-state index in [4.69, 9.17) is 10.5 Å². The Bertz CT molecular complexity index is 339. The van der Waals surface area contributed by atoms with E-state index in [1.165, 1.54) is 0 Å². The van der Waals surface area contributed by atoms with Crippen LogP contribution in [0.25, 0.3) is 0 Å². The van der Waals surface area contributed by atoms with Crippen molar-refractivity contribution >= 4 is 15.9 Å². The number of halogens is 1. The molecule has 1 rings (SSSR count). The summed E-state index contributed by atoms with van der Waals surface area (Å²) in [6.45, 7) is 6.23. The van der Waals surface area contributed by atoms with Crippen molar-refractivity contribution in [3.63, 3.8) is 0 Å². The van der Waals surface area contributed by atoms with Crippen LogP contribution < -0.4 is 10.5 Å². The molecule has 1 unspecified atom stereocenters. The molecule has 0 bridgehead atoms. The Labute approximate surface area is 106 Å². The summed E-state index contributed by atoms with van der Waals surface area (Å²) in [5.74, 6) is 0.894. The number of hydrogen-bond acceptors (Lipinski definition) is 2. The molecule has 1 aromatic rings. The minimum absolute atomic E-state index is 0.00285. The number of ether oxygens (including phenoxy) is 1. The molecular formula is C13H20BrNO. The lowest BCUT2D eigenvalue weighted by Crippen LogP contribution is -2.14. The number of hydrogen-bond donors (Lipinski definition) is 1. The summed E-state index contributed by atoms with van der Waals surface area (Å²) < 4.78 is 6.94. The van der Waals surface area contributed by atoms with Crippen LogP contribution in [0.15, 0.2) is 22.7 Å². The van der Waals surface area contributed by atoms with E-state index in [2.05, 4.69) is 29.8 Å². The first-order chi connectivity index (χ1) is 7.54. The molecule has 0 radical (unpaired) electrons. The summed E-state index contributed by atoms with van der Waals surface area (Å²) in [5, 5.41) is 0. The van der Waals surface area contributed by atoms with E-state index in [1.807, 2.05) is 25.1 Å². The van der Waals surface area contributed by atoms with E-state index in [1.54, 1.807) is 0 Å². The Morgan fingerprint density at radius 3 is 2.62 bits per heavy atom. The normalized spacial score (nSPS) is 14.6. The molecule has 90 valence electrons. The minimum Gasteiger partial charge on any atom is -0.490 e. The molecule has 3 heteroatoms. The van der Waals surface area contributed by atoms with Crippen molar-refractivity contribution in [2.45, 2.75) is 45.8 Å². The molecular weight excluding hydrogens is 266 g/mol. The highest BCUT2D eigenvalue weighted by Gasteiger charge is 2.11. The van der Waals surface area contributed by atoms with Crippen molar-refractivity contribution in [1.82, 2.24) is 0 Å². The molecule has 0 heterocycles. The van der Waals surface area contributed by atoms with E-state index in [0.717, 1.165) is 28.6 Å². The smallest absolute Gasteiger partial charge is 0.125 e. The van der Waals surface area contributed by atoms with Gasteiger partial charge in [-0.2, -0.15) is 0 Å². The number of rotatable bonds is 5. The summed E-state index contributed by atoms with van der Waals surface area (Å²) in [7, 11) is 0. The second-order valence-electron chi connectivity index (χ2n) is 4.19. The van der Waals surface area contributed by atoms with E-state index in [-0.39, 0.29) is 12.1 Å². The van der Waals surface area contributed by atoms with Gasteiger partial charge in [0.1, 0.15) is 5.75 Å². The summed E-state index contributed by atoms with van der Waals surface area (Å²) in [6.07, 6.45) is 2.42. The van der Waals surface area contributed by atoms with E-state index >= 15 is 0 Å². The van der Waals surface area contributed by atoms with Crippen LogP contribution in [-0.4, -0.2) is 6.10 Å². The Hall–Kier alpha value is -0.540. The van der Waals surface area contributed by atoms with Crippen LogP contribution >= 0.6 is 15.9 Å². The monoisotopic (exact) mass is 285 g/mol. The first-order valence-corrected chi connectivity index (χ1v) is 6.55. The minimum atomic E-state index is -0.00285.